The molecular formula is C15H14ClN7. The molecule has 0 saturated carbocycles. The largest absolute Gasteiger partial charge is 0.351 e. The Morgan fingerprint density at radius 3 is 2.74 bits per heavy atom. The van der Waals surface area contributed by atoms with Crippen LogP contribution in [0.1, 0.15) is 5.56 Å². The number of nitrogens with zero attached hydrogens (tertiary/aromatic N) is 7. The highest BCUT2D eigenvalue weighted by Gasteiger charge is 2.21. The summed E-state index contributed by atoms with van der Waals surface area (Å²) in [6, 6.07) is 5.56. The van der Waals surface area contributed by atoms with Crippen molar-refractivity contribution in [1.29, 1.82) is 5.26 Å². The molecule has 8 heteroatoms. The molecule has 0 aliphatic carbocycles. The van der Waals surface area contributed by atoms with Gasteiger partial charge in [-0.15, -0.1) is 10.2 Å². The molecule has 116 valence electrons. The van der Waals surface area contributed by atoms with Gasteiger partial charge in [0.15, 0.2) is 5.82 Å². The predicted octanol–water partition coefficient (Wildman–Crippen LogP) is 1.55. The topological polar surface area (TPSA) is 73.3 Å². The molecule has 0 radical (unpaired) electrons. The number of rotatable bonds is 1. The maximum absolute atomic E-state index is 9.19. The number of likely N-dealkylation sites (N-methyl/N-ethyl adjacent to an activating group) is 1. The Morgan fingerprint density at radius 1 is 1.22 bits per heavy atom. The van der Waals surface area contributed by atoms with E-state index >= 15 is 0 Å². The summed E-state index contributed by atoms with van der Waals surface area (Å²) in [7, 11) is 2.11. The van der Waals surface area contributed by atoms with Crippen molar-refractivity contribution in [2.75, 3.05) is 38.1 Å². The molecule has 1 fully saturated rings. The SMILES string of the molecule is CN1CCN(c2nc3cc(C#N)c(Cl)cc3n3cnnc23)CC1. The number of piperazine rings is 1. The van der Waals surface area contributed by atoms with E-state index < -0.39 is 0 Å². The second kappa shape index (κ2) is 5.33. The van der Waals surface area contributed by atoms with Crippen LogP contribution in [0.2, 0.25) is 5.02 Å². The van der Waals surface area contributed by atoms with Crippen LogP contribution in [0.3, 0.4) is 0 Å². The highest BCUT2D eigenvalue weighted by Crippen LogP contribution is 2.27. The van der Waals surface area contributed by atoms with Gasteiger partial charge in [0.05, 0.1) is 21.6 Å². The second-order valence-corrected chi connectivity index (χ2v) is 6.09. The zero-order valence-corrected chi connectivity index (χ0v) is 13.3. The van der Waals surface area contributed by atoms with Crippen molar-refractivity contribution >= 4 is 34.1 Å². The van der Waals surface area contributed by atoms with Gasteiger partial charge in [-0.1, -0.05) is 11.6 Å². The molecule has 1 saturated heterocycles. The van der Waals surface area contributed by atoms with Crippen molar-refractivity contribution in [1.82, 2.24) is 24.5 Å². The number of hydrogen-bond donors (Lipinski definition) is 0. The standard InChI is InChI=1S/C15H14ClN7/c1-21-2-4-22(5-3-21)14-15-20-18-9-23(15)13-7-11(16)10(8-17)6-12(13)19-14/h6-7,9H,2-5H2,1H3. The Hall–Kier alpha value is -2.43. The first-order valence-corrected chi connectivity index (χ1v) is 7.72. The lowest BCUT2D eigenvalue weighted by atomic mass is 10.2. The van der Waals surface area contributed by atoms with E-state index in [2.05, 4.69) is 33.1 Å². The van der Waals surface area contributed by atoms with Gasteiger partial charge in [-0.25, -0.2) is 4.98 Å². The highest BCUT2D eigenvalue weighted by molar-refractivity contribution is 6.32. The molecular weight excluding hydrogens is 314 g/mol. The minimum Gasteiger partial charge on any atom is -0.351 e. The molecule has 0 N–H and O–H groups in total. The lowest BCUT2D eigenvalue weighted by Gasteiger charge is -2.33. The van der Waals surface area contributed by atoms with Crippen LogP contribution in [0, 0.1) is 11.3 Å². The molecule has 0 spiro atoms. The Morgan fingerprint density at radius 2 is 2.00 bits per heavy atom. The molecule has 4 rings (SSSR count). The molecule has 0 atom stereocenters. The lowest BCUT2D eigenvalue weighted by molar-refractivity contribution is 0.312. The Kier molecular flexibility index (Phi) is 3.29. The van der Waals surface area contributed by atoms with Crippen molar-refractivity contribution in [3.05, 3.63) is 29.0 Å². The number of nitriles is 1. The predicted molar refractivity (Wildman–Crippen MR) is 87.7 cm³/mol. The number of fused-ring (bicyclic) bond motifs is 3. The van der Waals surface area contributed by atoms with Gasteiger partial charge >= 0.3 is 0 Å². The minimum atomic E-state index is 0.407. The van der Waals surface area contributed by atoms with Gasteiger partial charge in [0.1, 0.15) is 12.4 Å². The van der Waals surface area contributed by atoms with Gasteiger partial charge < -0.3 is 9.80 Å². The maximum atomic E-state index is 9.19. The molecule has 0 bridgehead atoms. The molecule has 0 amide bonds. The average Bonchev–Trinajstić information content (AvgIpc) is 3.04. The summed E-state index contributed by atoms with van der Waals surface area (Å²) in [5, 5.41) is 17.8. The van der Waals surface area contributed by atoms with E-state index in [0.717, 1.165) is 37.5 Å². The summed E-state index contributed by atoms with van der Waals surface area (Å²) >= 11 is 6.15. The third kappa shape index (κ3) is 2.27. The number of halogens is 1. The van der Waals surface area contributed by atoms with Crippen LogP contribution in [0.25, 0.3) is 16.7 Å². The van der Waals surface area contributed by atoms with Gasteiger partial charge in [0, 0.05) is 26.2 Å². The normalized spacial score (nSPS) is 16.1. The molecule has 7 nitrogen and oxygen atoms in total. The van der Waals surface area contributed by atoms with E-state index in [0.29, 0.717) is 21.7 Å². The van der Waals surface area contributed by atoms with Crippen molar-refractivity contribution < 1.29 is 0 Å². The number of anilines is 1. The second-order valence-electron chi connectivity index (χ2n) is 5.68. The summed E-state index contributed by atoms with van der Waals surface area (Å²) in [5.74, 6) is 0.800. The summed E-state index contributed by atoms with van der Waals surface area (Å²) in [6.45, 7) is 3.72. The van der Waals surface area contributed by atoms with Crippen LogP contribution in [0.15, 0.2) is 18.5 Å². The Balaban J connectivity index is 1.94. The number of hydrogen-bond acceptors (Lipinski definition) is 6. The van der Waals surface area contributed by atoms with Gasteiger partial charge in [-0.2, -0.15) is 5.26 Å². The van der Waals surface area contributed by atoms with E-state index in [9.17, 15) is 5.26 Å². The molecule has 23 heavy (non-hydrogen) atoms. The van der Waals surface area contributed by atoms with E-state index in [1.54, 1.807) is 18.5 Å². The zero-order valence-electron chi connectivity index (χ0n) is 12.6. The quantitative estimate of drug-likeness (QED) is 0.675. The van der Waals surface area contributed by atoms with Crippen molar-refractivity contribution in [2.45, 2.75) is 0 Å². The molecule has 1 aromatic carbocycles. The van der Waals surface area contributed by atoms with Gasteiger partial charge in [-0.3, -0.25) is 4.40 Å². The van der Waals surface area contributed by atoms with Gasteiger partial charge in [-0.05, 0) is 19.2 Å². The highest BCUT2D eigenvalue weighted by atomic mass is 35.5. The van der Waals surface area contributed by atoms with Crippen LogP contribution < -0.4 is 4.90 Å². The summed E-state index contributed by atoms with van der Waals surface area (Å²) < 4.78 is 1.88. The van der Waals surface area contributed by atoms with E-state index in [1.807, 2.05) is 4.40 Å². The van der Waals surface area contributed by atoms with E-state index in [-0.39, 0.29) is 0 Å². The van der Waals surface area contributed by atoms with Crippen LogP contribution in [0.5, 0.6) is 0 Å². The summed E-state index contributed by atoms with van der Waals surface area (Å²) in [4.78, 5) is 9.24. The fourth-order valence-electron chi connectivity index (χ4n) is 2.88. The Bertz CT molecular complexity index is 934. The lowest BCUT2D eigenvalue weighted by Crippen LogP contribution is -2.45. The van der Waals surface area contributed by atoms with Crippen molar-refractivity contribution in [3.8, 4) is 6.07 Å². The summed E-state index contributed by atoms with van der Waals surface area (Å²) in [5.41, 5.74) is 2.64. The molecule has 3 aromatic rings. The first-order valence-electron chi connectivity index (χ1n) is 7.34. The number of aromatic nitrogens is 4. The molecule has 1 aliphatic rings. The number of benzene rings is 1. The van der Waals surface area contributed by atoms with Crippen molar-refractivity contribution in [3.63, 3.8) is 0 Å². The van der Waals surface area contributed by atoms with Crippen LogP contribution in [0.4, 0.5) is 5.82 Å². The Labute approximate surface area is 137 Å². The van der Waals surface area contributed by atoms with Crippen LogP contribution in [-0.2, 0) is 0 Å². The third-order valence-corrected chi connectivity index (χ3v) is 4.53. The fraction of sp³-hybridized carbons (Fsp3) is 0.333. The first kappa shape index (κ1) is 14.2. The first-order chi connectivity index (χ1) is 11.2. The molecule has 0 unspecified atom stereocenters. The molecule has 3 heterocycles. The van der Waals surface area contributed by atoms with E-state index in [4.69, 9.17) is 16.6 Å². The molecule has 1 aliphatic heterocycles. The van der Waals surface area contributed by atoms with Crippen LogP contribution >= 0.6 is 11.6 Å². The fourth-order valence-corrected chi connectivity index (χ4v) is 3.08. The monoisotopic (exact) mass is 327 g/mol. The zero-order chi connectivity index (χ0) is 16.0. The molecule has 2 aromatic heterocycles. The van der Waals surface area contributed by atoms with E-state index in [1.165, 1.54) is 0 Å². The average molecular weight is 328 g/mol. The third-order valence-electron chi connectivity index (χ3n) is 4.22. The van der Waals surface area contributed by atoms with Gasteiger partial charge in [0.25, 0.3) is 0 Å². The minimum absolute atomic E-state index is 0.407. The maximum Gasteiger partial charge on any atom is 0.204 e. The van der Waals surface area contributed by atoms with Crippen LogP contribution in [-0.4, -0.2) is 57.7 Å². The summed E-state index contributed by atoms with van der Waals surface area (Å²) in [6.07, 6.45) is 1.65. The van der Waals surface area contributed by atoms with Gasteiger partial charge in [0.2, 0.25) is 5.65 Å². The van der Waals surface area contributed by atoms with Crippen molar-refractivity contribution in [2.24, 2.45) is 0 Å². The smallest absolute Gasteiger partial charge is 0.204 e.